The van der Waals surface area contributed by atoms with E-state index in [2.05, 4.69) is 5.32 Å². The smallest absolute Gasteiger partial charge is 0.308 e. The van der Waals surface area contributed by atoms with Crippen molar-refractivity contribution >= 4 is 17.7 Å². The van der Waals surface area contributed by atoms with Gasteiger partial charge in [0.05, 0.1) is 6.42 Å². The van der Waals surface area contributed by atoms with Crippen LogP contribution in [-0.4, -0.2) is 37.6 Å². The van der Waals surface area contributed by atoms with Crippen LogP contribution in [0.4, 0.5) is 0 Å². The number of hydrogen-bond donors (Lipinski definition) is 1. The van der Waals surface area contributed by atoms with E-state index in [-0.39, 0.29) is 38.1 Å². The second-order valence-corrected chi connectivity index (χ2v) is 5.97. The Morgan fingerprint density at radius 2 is 1.85 bits per heavy atom. The third-order valence-electron chi connectivity index (χ3n) is 4.06. The van der Waals surface area contributed by atoms with Crippen LogP contribution in [0.15, 0.2) is 42.5 Å². The molecule has 0 unspecified atom stereocenters. The van der Waals surface area contributed by atoms with E-state index < -0.39 is 5.97 Å². The molecule has 0 fully saturated rings. The highest BCUT2D eigenvalue weighted by Gasteiger charge is 2.17. The molecule has 0 aromatic heterocycles. The van der Waals surface area contributed by atoms with Gasteiger partial charge < -0.3 is 19.5 Å². The SMILES string of the molecule is Cc1ccccc1C(=O)NCCC(=O)OCC(=O)c1ccc2c(c1)OCO2. The molecule has 1 aliphatic heterocycles. The number of Topliss-reactive ketones (excluding diaryl/α,β-unsaturated/α-hetero) is 1. The zero-order valence-corrected chi connectivity index (χ0v) is 14.8. The van der Waals surface area contributed by atoms with E-state index in [1.165, 1.54) is 0 Å². The van der Waals surface area contributed by atoms with Crippen LogP contribution in [0.25, 0.3) is 0 Å². The Labute approximate surface area is 156 Å². The third kappa shape index (κ3) is 4.63. The molecule has 7 heteroatoms. The lowest BCUT2D eigenvalue weighted by Crippen LogP contribution is -2.27. The summed E-state index contributed by atoms with van der Waals surface area (Å²) in [6, 6.07) is 12.0. The van der Waals surface area contributed by atoms with Crippen molar-refractivity contribution in [1.82, 2.24) is 5.32 Å². The monoisotopic (exact) mass is 369 g/mol. The van der Waals surface area contributed by atoms with Crippen LogP contribution in [0, 0.1) is 6.92 Å². The summed E-state index contributed by atoms with van der Waals surface area (Å²) in [7, 11) is 0. The Morgan fingerprint density at radius 1 is 1.07 bits per heavy atom. The number of amides is 1. The Kier molecular flexibility index (Phi) is 5.71. The van der Waals surface area contributed by atoms with Crippen LogP contribution in [0.3, 0.4) is 0 Å². The van der Waals surface area contributed by atoms with E-state index in [0.717, 1.165) is 5.56 Å². The van der Waals surface area contributed by atoms with Gasteiger partial charge in [0.15, 0.2) is 23.9 Å². The average Bonchev–Trinajstić information content (AvgIpc) is 3.14. The van der Waals surface area contributed by atoms with Crippen LogP contribution < -0.4 is 14.8 Å². The summed E-state index contributed by atoms with van der Waals surface area (Å²) >= 11 is 0. The predicted octanol–water partition coefficient (Wildman–Crippen LogP) is 2.27. The van der Waals surface area contributed by atoms with Crippen molar-refractivity contribution in [3.05, 3.63) is 59.2 Å². The molecule has 0 saturated heterocycles. The average molecular weight is 369 g/mol. The number of carbonyl (C=O) groups is 3. The molecule has 2 aromatic rings. The van der Waals surface area contributed by atoms with Gasteiger partial charge in [0, 0.05) is 17.7 Å². The van der Waals surface area contributed by atoms with Gasteiger partial charge in [-0.05, 0) is 36.8 Å². The van der Waals surface area contributed by atoms with Crippen LogP contribution in [0.2, 0.25) is 0 Å². The summed E-state index contributed by atoms with van der Waals surface area (Å²) in [5.74, 6) is -0.0869. The highest BCUT2D eigenvalue weighted by Crippen LogP contribution is 2.32. The van der Waals surface area contributed by atoms with Crippen LogP contribution in [0.1, 0.15) is 32.7 Å². The van der Waals surface area contributed by atoms with Gasteiger partial charge in [0.25, 0.3) is 5.91 Å². The van der Waals surface area contributed by atoms with E-state index in [9.17, 15) is 14.4 Å². The highest BCUT2D eigenvalue weighted by atomic mass is 16.7. The molecule has 140 valence electrons. The van der Waals surface area contributed by atoms with Gasteiger partial charge in [-0.25, -0.2) is 0 Å². The molecular weight excluding hydrogens is 350 g/mol. The van der Waals surface area contributed by atoms with Gasteiger partial charge in [-0.1, -0.05) is 18.2 Å². The Morgan fingerprint density at radius 3 is 2.67 bits per heavy atom. The fraction of sp³-hybridized carbons (Fsp3) is 0.250. The van der Waals surface area contributed by atoms with Crippen LogP contribution >= 0.6 is 0 Å². The zero-order valence-electron chi connectivity index (χ0n) is 14.8. The van der Waals surface area contributed by atoms with Crippen molar-refractivity contribution in [1.29, 1.82) is 0 Å². The second kappa shape index (κ2) is 8.35. The van der Waals surface area contributed by atoms with E-state index in [1.54, 1.807) is 30.3 Å². The maximum atomic E-state index is 12.1. The fourth-order valence-electron chi connectivity index (χ4n) is 2.57. The number of esters is 1. The van der Waals surface area contributed by atoms with E-state index >= 15 is 0 Å². The molecule has 2 aromatic carbocycles. The maximum absolute atomic E-state index is 12.1. The van der Waals surface area contributed by atoms with Crippen molar-refractivity contribution in [2.45, 2.75) is 13.3 Å². The molecule has 0 spiro atoms. The molecular formula is C20H19NO6. The van der Waals surface area contributed by atoms with Gasteiger partial charge in [-0.15, -0.1) is 0 Å². The van der Waals surface area contributed by atoms with Gasteiger partial charge in [0.2, 0.25) is 6.79 Å². The number of fused-ring (bicyclic) bond motifs is 1. The Balaban J connectivity index is 1.41. The van der Waals surface area contributed by atoms with Crippen LogP contribution in [-0.2, 0) is 9.53 Å². The van der Waals surface area contributed by atoms with Crippen molar-refractivity contribution in [2.75, 3.05) is 19.9 Å². The van der Waals surface area contributed by atoms with E-state index in [4.69, 9.17) is 14.2 Å². The lowest BCUT2D eigenvalue weighted by Gasteiger charge is -2.08. The first-order valence-corrected chi connectivity index (χ1v) is 8.47. The minimum Gasteiger partial charge on any atom is -0.457 e. The number of nitrogens with one attached hydrogen (secondary N) is 1. The van der Waals surface area contributed by atoms with E-state index in [0.29, 0.717) is 22.6 Å². The molecule has 0 saturated carbocycles. The topological polar surface area (TPSA) is 90.9 Å². The van der Waals surface area contributed by atoms with E-state index in [1.807, 2.05) is 19.1 Å². The minimum absolute atomic E-state index is 0.0218. The second-order valence-electron chi connectivity index (χ2n) is 5.97. The summed E-state index contributed by atoms with van der Waals surface area (Å²) in [6.07, 6.45) is -0.0218. The lowest BCUT2D eigenvalue weighted by atomic mass is 10.1. The molecule has 0 aliphatic carbocycles. The van der Waals surface area contributed by atoms with Crippen molar-refractivity contribution < 1.29 is 28.6 Å². The highest BCUT2D eigenvalue weighted by molar-refractivity contribution is 5.98. The number of aryl methyl sites for hydroxylation is 1. The molecule has 0 atom stereocenters. The predicted molar refractivity (Wildman–Crippen MR) is 96.0 cm³/mol. The number of rotatable bonds is 7. The quantitative estimate of drug-likeness (QED) is 0.595. The van der Waals surface area contributed by atoms with Crippen molar-refractivity contribution in [3.63, 3.8) is 0 Å². The van der Waals surface area contributed by atoms with Crippen molar-refractivity contribution in [2.24, 2.45) is 0 Å². The van der Waals surface area contributed by atoms with Gasteiger partial charge in [0.1, 0.15) is 0 Å². The summed E-state index contributed by atoms with van der Waals surface area (Å²) < 4.78 is 15.4. The third-order valence-corrected chi connectivity index (χ3v) is 4.06. The number of hydrogen-bond acceptors (Lipinski definition) is 6. The first-order chi connectivity index (χ1) is 13.0. The summed E-state index contributed by atoms with van der Waals surface area (Å²) in [5.41, 5.74) is 1.79. The molecule has 0 radical (unpaired) electrons. The van der Waals surface area contributed by atoms with Crippen molar-refractivity contribution in [3.8, 4) is 11.5 Å². The van der Waals surface area contributed by atoms with Gasteiger partial charge in [-0.3, -0.25) is 14.4 Å². The summed E-state index contributed by atoms with van der Waals surface area (Å²) in [5, 5.41) is 2.66. The molecule has 1 heterocycles. The van der Waals surface area contributed by atoms with Gasteiger partial charge in [-0.2, -0.15) is 0 Å². The molecule has 1 N–H and O–H groups in total. The number of ether oxygens (including phenoxy) is 3. The molecule has 27 heavy (non-hydrogen) atoms. The number of benzene rings is 2. The first-order valence-electron chi connectivity index (χ1n) is 8.47. The lowest BCUT2D eigenvalue weighted by molar-refractivity contribution is -0.142. The maximum Gasteiger partial charge on any atom is 0.308 e. The molecule has 7 nitrogen and oxygen atoms in total. The summed E-state index contributed by atoms with van der Waals surface area (Å²) in [6.45, 7) is 1.72. The number of ketones is 1. The van der Waals surface area contributed by atoms with Crippen LogP contribution in [0.5, 0.6) is 11.5 Å². The first kappa shape index (κ1) is 18.4. The van der Waals surface area contributed by atoms with Gasteiger partial charge >= 0.3 is 5.97 Å². The molecule has 1 amide bonds. The Hall–Kier alpha value is -3.35. The standard InChI is InChI=1S/C20H19NO6/c1-13-4-2-3-5-15(13)20(24)21-9-8-19(23)25-11-16(22)14-6-7-17-18(10-14)27-12-26-17/h2-7,10H,8-9,11-12H2,1H3,(H,21,24). The zero-order chi connectivity index (χ0) is 19.2. The largest absolute Gasteiger partial charge is 0.457 e. The Bertz CT molecular complexity index is 877. The molecule has 3 rings (SSSR count). The number of carbonyl (C=O) groups excluding carboxylic acids is 3. The molecule has 0 bridgehead atoms. The summed E-state index contributed by atoms with van der Waals surface area (Å²) in [4.78, 5) is 35.9. The fourth-order valence-corrected chi connectivity index (χ4v) is 2.57. The minimum atomic E-state index is -0.561. The molecule has 1 aliphatic rings. The normalized spacial score (nSPS) is 11.7.